The smallest absolute Gasteiger partial charge is 0.0286 e. The maximum Gasteiger partial charge on any atom is 0.0286 e. The fourth-order valence-corrected chi connectivity index (χ4v) is 1.02. The van der Waals surface area contributed by atoms with Gasteiger partial charge >= 0.3 is 0 Å². The van der Waals surface area contributed by atoms with Crippen LogP contribution in [0.15, 0.2) is 0 Å². The number of alkyl halides is 2. The molecule has 0 aromatic carbocycles. The highest BCUT2D eigenvalue weighted by atomic mass is 35.5. The van der Waals surface area contributed by atoms with Crippen LogP contribution in [-0.4, -0.2) is 24.8 Å². The Morgan fingerprint density at radius 2 is 1.14 bits per heavy atom. The van der Waals surface area contributed by atoms with E-state index in [1.54, 1.807) is 0 Å². The minimum absolute atomic E-state index is 0. The molecule has 0 radical (unpaired) electrons. The lowest BCUT2D eigenvalue weighted by molar-refractivity contribution is 0.327. The maximum atomic E-state index is 5.81. The molecule has 14 heavy (non-hydrogen) atoms. The highest BCUT2D eigenvalue weighted by Crippen LogP contribution is 2.18. The molecule has 0 unspecified atom stereocenters. The van der Waals surface area contributed by atoms with E-state index >= 15 is 0 Å². The van der Waals surface area contributed by atoms with Gasteiger partial charge in [-0.05, 0) is 10.8 Å². The Hall–Kier alpha value is 0.830. The van der Waals surface area contributed by atoms with E-state index in [4.69, 9.17) is 23.2 Å². The lowest BCUT2D eigenvalue weighted by Crippen LogP contribution is -2.37. The standard InChI is InChI=1S/C10H21Cl2N.ClH/c1-9(2,5-11)7-13-8-10(3,4)6-12;/h13H,5-8H2,1-4H3;1H. The van der Waals surface area contributed by atoms with Gasteiger partial charge in [-0.3, -0.25) is 0 Å². The number of rotatable bonds is 6. The minimum Gasteiger partial charge on any atom is -0.316 e. The van der Waals surface area contributed by atoms with Crippen LogP contribution in [0, 0.1) is 10.8 Å². The summed E-state index contributed by atoms with van der Waals surface area (Å²) in [4.78, 5) is 0. The molecule has 0 amide bonds. The first-order valence-electron chi connectivity index (χ1n) is 4.66. The number of hydrogen-bond acceptors (Lipinski definition) is 1. The first-order chi connectivity index (χ1) is 5.83. The summed E-state index contributed by atoms with van der Waals surface area (Å²) in [6.45, 7) is 10.5. The lowest BCUT2D eigenvalue weighted by atomic mass is 9.93. The Morgan fingerprint density at radius 1 is 0.857 bits per heavy atom. The van der Waals surface area contributed by atoms with Crippen molar-refractivity contribution in [2.45, 2.75) is 27.7 Å². The van der Waals surface area contributed by atoms with Crippen LogP contribution in [0.4, 0.5) is 0 Å². The van der Waals surface area contributed by atoms with Gasteiger partial charge in [0.15, 0.2) is 0 Å². The third-order valence-corrected chi connectivity index (χ3v) is 3.38. The summed E-state index contributed by atoms with van der Waals surface area (Å²) in [6.07, 6.45) is 0. The summed E-state index contributed by atoms with van der Waals surface area (Å²) in [5, 5.41) is 3.40. The third kappa shape index (κ3) is 8.16. The van der Waals surface area contributed by atoms with E-state index in [0.717, 1.165) is 13.1 Å². The van der Waals surface area contributed by atoms with Crippen LogP contribution in [0.1, 0.15) is 27.7 Å². The van der Waals surface area contributed by atoms with Crippen molar-refractivity contribution in [1.82, 2.24) is 5.32 Å². The topological polar surface area (TPSA) is 12.0 Å². The van der Waals surface area contributed by atoms with Gasteiger partial charge < -0.3 is 5.32 Å². The van der Waals surface area contributed by atoms with Gasteiger partial charge in [0.05, 0.1) is 0 Å². The minimum atomic E-state index is 0. The Bertz CT molecular complexity index is 130. The normalized spacial score (nSPS) is 12.4. The molecule has 0 bridgehead atoms. The molecular formula is C10H22Cl3N. The van der Waals surface area contributed by atoms with Crippen LogP contribution in [0.25, 0.3) is 0 Å². The van der Waals surface area contributed by atoms with E-state index < -0.39 is 0 Å². The van der Waals surface area contributed by atoms with E-state index in [1.165, 1.54) is 0 Å². The molecule has 88 valence electrons. The summed E-state index contributed by atoms with van der Waals surface area (Å²) in [7, 11) is 0. The van der Waals surface area contributed by atoms with E-state index in [-0.39, 0.29) is 23.2 Å². The van der Waals surface area contributed by atoms with E-state index in [2.05, 4.69) is 33.0 Å². The van der Waals surface area contributed by atoms with Gasteiger partial charge in [-0.15, -0.1) is 35.6 Å². The Labute approximate surface area is 104 Å². The molecule has 0 heterocycles. The van der Waals surface area contributed by atoms with Crippen molar-refractivity contribution in [2.24, 2.45) is 10.8 Å². The summed E-state index contributed by atoms with van der Waals surface area (Å²) >= 11 is 11.6. The molecule has 0 saturated carbocycles. The summed E-state index contributed by atoms with van der Waals surface area (Å²) in [5.74, 6) is 1.36. The van der Waals surface area contributed by atoms with Gasteiger partial charge in [-0.1, -0.05) is 27.7 Å². The highest BCUT2D eigenvalue weighted by Gasteiger charge is 2.19. The zero-order valence-corrected chi connectivity index (χ0v) is 11.8. The molecule has 0 aliphatic heterocycles. The zero-order chi connectivity index (χ0) is 10.5. The van der Waals surface area contributed by atoms with Crippen molar-refractivity contribution in [1.29, 1.82) is 0 Å². The highest BCUT2D eigenvalue weighted by molar-refractivity contribution is 6.18. The summed E-state index contributed by atoms with van der Waals surface area (Å²) in [6, 6.07) is 0. The Kier molecular flexibility index (Phi) is 8.81. The van der Waals surface area contributed by atoms with Crippen LogP contribution < -0.4 is 5.32 Å². The van der Waals surface area contributed by atoms with Crippen molar-refractivity contribution in [3.63, 3.8) is 0 Å². The molecule has 0 aliphatic carbocycles. The van der Waals surface area contributed by atoms with Gasteiger partial charge in [0, 0.05) is 24.8 Å². The predicted octanol–water partition coefficient (Wildman–Crippen LogP) is 3.53. The largest absolute Gasteiger partial charge is 0.316 e. The van der Waals surface area contributed by atoms with Crippen molar-refractivity contribution in [3.05, 3.63) is 0 Å². The molecule has 0 spiro atoms. The van der Waals surface area contributed by atoms with Crippen LogP contribution >= 0.6 is 35.6 Å². The van der Waals surface area contributed by atoms with Crippen LogP contribution in [-0.2, 0) is 0 Å². The second-order valence-corrected chi connectivity index (χ2v) is 5.73. The van der Waals surface area contributed by atoms with Gasteiger partial charge in [-0.25, -0.2) is 0 Å². The maximum absolute atomic E-state index is 5.81. The van der Waals surface area contributed by atoms with Crippen molar-refractivity contribution < 1.29 is 0 Å². The molecule has 4 heteroatoms. The average molecular weight is 263 g/mol. The molecule has 1 nitrogen and oxygen atoms in total. The number of hydrogen-bond donors (Lipinski definition) is 1. The van der Waals surface area contributed by atoms with Crippen molar-refractivity contribution in [3.8, 4) is 0 Å². The Balaban J connectivity index is 0. The molecule has 0 rings (SSSR count). The van der Waals surface area contributed by atoms with E-state index in [1.807, 2.05) is 0 Å². The monoisotopic (exact) mass is 261 g/mol. The first-order valence-corrected chi connectivity index (χ1v) is 5.72. The summed E-state index contributed by atoms with van der Waals surface area (Å²) in [5.41, 5.74) is 0.341. The Morgan fingerprint density at radius 3 is 1.36 bits per heavy atom. The quantitative estimate of drug-likeness (QED) is 0.722. The van der Waals surface area contributed by atoms with Crippen molar-refractivity contribution in [2.75, 3.05) is 24.8 Å². The van der Waals surface area contributed by atoms with Gasteiger partial charge in [-0.2, -0.15) is 0 Å². The molecule has 0 saturated heterocycles. The summed E-state index contributed by atoms with van der Waals surface area (Å²) < 4.78 is 0. The first kappa shape index (κ1) is 17.2. The molecule has 0 atom stereocenters. The molecule has 0 aromatic heterocycles. The fraction of sp³-hybridized carbons (Fsp3) is 1.00. The average Bonchev–Trinajstić information content (AvgIpc) is 2.04. The molecule has 0 aromatic rings. The molecule has 0 aliphatic rings. The van der Waals surface area contributed by atoms with Gasteiger partial charge in [0.25, 0.3) is 0 Å². The fourth-order valence-electron chi connectivity index (χ4n) is 0.834. The zero-order valence-electron chi connectivity index (χ0n) is 9.49. The predicted molar refractivity (Wildman–Crippen MR) is 69.1 cm³/mol. The SMILES string of the molecule is CC(C)(CCl)CNCC(C)(C)CCl.Cl. The van der Waals surface area contributed by atoms with E-state index in [0.29, 0.717) is 11.8 Å². The van der Waals surface area contributed by atoms with Gasteiger partial charge in [0.2, 0.25) is 0 Å². The molecule has 0 fully saturated rings. The number of halogens is 3. The third-order valence-electron chi connectivity index (χ3n) is 1.93. The number of nitrogens with one attached hydrogen (secondary N) is 1. The van der Waals surface area contributed by atoms with Crippen LogP contribution in [0.2, 0.25) is 0 Å². The lowest BCUT2D eigenvalue weighted by Gasteiger charge is -2.27. The van der Waals surface area contributed by atoms with Crippen LogP contribution in [0.3, 0.4) is 0 Å². The molecule has 1 N–H and O–H groups in total. The second-order valence-electron chi connectivity index (χ2n) is 5.20. The second kappa shape index (κ2) is 7.16. The van der Waals surface area contributed by atoms with Crippen LogP contribution in [0.5, 0.6) is 0 Å². The van der Waals surface area contributed by atoms with Crippen molar-refractivity contribution >= 4 is 35.6 Å². The molecular weight excluding hydrogens is 240 g/mol. The van der Waals surface area contributed by atoms with Gasteiger partial charge in [0.1, 0.15) is 0 Å². The van der Waals surface area contributed by atoms with E-state index in [9.17, 15) is 0 Å².